The Labute approximate surface area is 146 Å². The van der Waals surface area contributed by atoms with E-state index in [2.05, 4.69) is 4.98 Å². The zero-order valence-corrected chi connectivity index (χ0v) is 14.3. The molecule has 0 fully saturated rings. The van der Waals surface area contributed by atoms with Gasteiger partial charge in [-0.2, -0.15) is 0 Å². The summed E-state index contributed by atoms with van der Waals surface area (Å²) in [5.74, 6) is 0.399. The van der Waals surface area contributed by atoms with Gasteiger partial charge in [0.25, 0.3) is 0 Å². The van der Waals surface area contributed by atoms with Crippen LogP contribution in [0.3, 0.4) is 0 Å². The van der Waals surface area contributed by atoms with E-state index in [1.807, 2.05) is 24.3 Å². The van der Waals surface area contributed by atoms with Crippen LogP contribution in [0.4, 0.5) is 0 Å². The number of ether oxygens (including phenoxy) is 1. The first-order chi connectivity index (χ1) is 12.0. The van der Waals surface area contributed by atoms with Crippen LogP contribution in [0.5, 0.6) is 5.75 Å². The fourth-order valence-corrected chi connectivity index (χ4v) is 3.80. The largest absolute Gasteiger partial charge is 0.460 e. The lowest BCUT2D eigenvalue weighted by molar-refractivity contribution is -0.131. The van der Waals surface area contributed by atoms with Crippen molar-refractivity contribution in [2.24, 2.45) is 0 Å². The third-order valence-corrected chi connectivity index (χ3v) is 4.86. The maximum Gasteiger partial charge on any atom is 0.308 e. The molecule has 0 aliphatic rings. The molecule has 25 heavy (non-hydrogen) atoms. The van der Waals surface area contributed by atoms with Gasteiger partial charge in [-0.1, -0.05) is 12.1 Å². The Hall–Kier alpha value is -2.99. The second-order valence-corrected chi connectivity index (χ2v) is 6.63. The highest BCUT2D eigenvalue weighted by molar-refractivity contribution is 7.21. The third kappa shape index (κ3) is 2.70. The predicted molar refractivity (Wildman–Crippen MR) is 97.1 cm³/mol. The quantitative estimate of drug-likeness (QED) is 0.398. The number of aromatic nitrogens is 1. The molecule has 0 saturated heterocycles. The van der Waals surface area contributed by atoms with Gasteiger partial charge in [-0.3, -0.25) is 9.59 Å². The van der Waals surface area contributed by atoms with Crippen molar-refractivity contribution in [3.63, 3.8) is 0 Å². The molecule has 0 amide bonds. The fourth-order valence-electron chi connectivity index (χ4n) is 2.74. The van der Waals surface area contributed by atoms with Crippen LogP contribution < -0.4 is 10.2 Å². The van der Waals surface area contributed by atoms with Crippen molar-refractivity contribution in [3.8, 4) is 16.3 Å². The molecule has 4 rings (SSSR count). The number of nitrogens with zero attached hydrogens (tertiary/aromatic N) is 1. The Kier molecular flexibility index (Phi) is 3.62. The minimum absolute atomic E-state index is 0.146. The molecule has 0 unspecified atom stereocenters. The lowest BCUT2D eigenvalue weighted by atomic mass is 10.1. The van der Waals surface area contributed by atoms with Gasteiger partial charge >= 0.3 is 5.97 Å². The second kappa shape index (κ2) is 5.82. The van der Waals surface area contributed by atoms with E-state index in [9.17, 15) is 9.59 Å². The average Bonchev–Trinajstić information content (AvgIpc) is 2.97. The standard InChI is InChI=1S/C19H13NO4S/c1-10-17(19-20-14-5-3-4-6-16(14)25-19)18(22)13-8-7-12(24-11(2)21)9-15(13)23-10/h3-9H,1-2H3. The Morgan fingerprint density at radius 2 is 2.00 bits per heavy atom. The van der Waals surface area contributed by atoms with Crippen LogP contribution in [0.2, 0.25) is 0 Å². The molecular formula is C19H13NO4S. The number of hydrogen-bond donors (Lipinski definition) is 0. The summed E-state index contributed by atoms with van der Waals surface area (Å²) in [7, 11) is 0. The van der Waals surface area contributed by atoms with Crippen molar-refractivity contribution < 1.29 is 13.9 Å². The van der Waals surface area contributed by atoms with Gasteiger partial charge < -0.3 is 9.15 Å². The highest BCUT2D eigenvalue weighted by atomic mass is 32.1. The van der Waals surface area contributed by atoms with Gasteiger partial charge in [-0.15, -0.1) is 11.3 Å². The highest BCUT2D eigenvalue weighted by Crippen LogP contribution is 2.32. The Bertz CT molecular complexity index is 1160. The molecule has 2 aromatic heterocycles. The topological polar surface area (TPSA) is 69.4 Å². The van der Waals surface area contributed by atoms with E-state index in [1.165, 1.54) is 18.3 Å². The number of aryl methyl sites for hydroxylation is 1. The van der Waals surface area contributed by atoms with Gasteiger partial charge in [0.15, 0.2) is 0 Å². The van der Waals surface area contributed by atoms with Crippen molar-refractivity contribution in [2.75, 3.05) is 0 Å². The van der Waals surface area contributed by atoms with Crippen LogP contribution in [-0.2, 0) is 4.79 Å². The van der Waals surface area contributed by atoms with Crippen LogP contribution in [0.25, 0.3) is 31.8 Å². The number of carbonyl (C=O) groups is 1. The molecule has 6 heteroatoms. The van der Waals surface area contributed by atoms with Crippen LogP contribution in [-0.4, -0.2) is 11.0 Å². The lowest BCUT2D eigenvalue weighted by Crippen LogP contribution is -2.08. The lowest BCUT2D eigenvalue weighted by Gasteiger charge is -2.06. The van der Waals surface area contributed by atoms with E-state index < -0.39 is 5.97 Å². The van der Waals surface area contributed by atoms with E-state index in [0.29, 0.717) is 33.1 Å². The molecule has 0 aliphatic carbocycles. The molecule has 2 heterocycles. The number of hydrogen-bond acceptors (Lipinski definition) is 6. The SMILES string of the molecule is CC(=O)Oc1ccc2c(=O)c(-c3nc4ccccc4s3)c(C)oc2c1. The van der Waals surface area contributed by atoms with Crippen molar-refractivity contribution >= 4 is 38.5 Å². The smallest absolute Gasteiger partial charge is 0.308 e. The van der Waals surface area contributed by atoms with E-state index in [0.717, 1.165) is 10.2 Å². The number of para-hydroxylation sites is 1. The fraction of sp³-hybridized carbons (Fsp3) is 0.105. The summed E-state index contributed by atoms with van der Waals surface area (Å²) < 4.78 is 11.9. The average molecular weight is 351 g/mol. The highest BCUT2D eigenvalue weighted by Gasteiger charge is 2.17. The molecule has 0 saturated carbocycles. The summed E-state index contributed by atoms with van der Waals surface area (Å²) in [6, 6.07) is 12.5. The molecule has 0 aliphatic heterocycles. The van der Waals surface area contributed by atoms with Crippen molar-refractivity contribution in [1.29, 1.82) is 0 Å². The molecule has 0 spiro atoms. The summed E-state index contributed by atoms with van der Waals surface area (Å²) in [5.41, 5.74) is 1.55. The zero-order chi connectivity index (χ0) is 17.6. The van der Waals surface area contributed by atoms with E-state index >= 15 is 0 Å². The molecule has 0 radical (unpaired) electrons. The maximum absolute atomic E-state index is 13.0. The third-order valence-electron chi connectivity index (χ3n) is 3.81. The summed E-state index contributed by atoms with van der Waals surface area (Å²) >= 11 is 1.46. The van der Waals surface area contributed by atoms with Crippen molar-refractivity contribution in [1.82, 2.24) is 4.98 Å². The summed E-state index contributed by atoms with van der Waals surface area (Å²) in [5, 5.41) is 1.06. The van der Waals surface area contributed by atoms with Gasteiger partial charge in [-0.05, 0) is 31.2 Å². The molecule has 0 atom stereocenters. The van der Waals surface area contributed by atoms with Crippen molar-refractivity contribution in [3.05, 3.63) is 58.4 Å². The summed E-state index contributed by atoms with van der Waals surface area (Å²) in [4.78, 5) is 28.6. The number of thiazole rings is 1. The molecule has 4 aromatic rings. The molecule has 0 bridgehead atoms. The van der Waals surface area contributed by atoms with Gasteiger partial charge in [0.1, 0.15) is 22.1 Å². The van der Waals surface area contributed by atoms with E-state index in [1.54, 1.807) is 25.1 Å². The number of carbonyl (C=O) groups excluding carboxylic acids is 1. The molecule has 2 aromatic carbocycles. The first kappa shape index (κ1) is 15.5. The monoisotopic (exact) mass is 351 g/mol. The summed E-state index contributed by atoms with van der Waals surface area (Å²) in [6.45, 7) is 3.06. The van der Waals surface area contributed by atoms with Crippen LogP contribution in [0.1, 0.15) is 12.7 Å². The Morgan fingerprint density at radius 1 is 1.20 bits per heavy atom. The van der Waals surface area contributed by atoms with Gasteiger partial charge in [0, 0.05) is 13.0 Å². The number of fused-ring (bicyclic) bond motifs is 2. The normalized spacial score (nSPS) is 11.1. The number of benzene rings is 2. The maximum atomic E-state index is 13.0. The first-order valence-electron chi connectivity index (χ1n) is 7.65. The first-order valence-corrected chi connectivity index (χ1v) is 8.46. The molecule has 5 nitrogen and oxygen atoms in total. The Balaban J connectivity index is 1.92. The van der Waals surface area contributed by atoms with Crippen LogP contribution in [0, 0.1) is 6.92 Å². The van der Waals surface area contributed by atoms with Crippen molar-refractivity contribution in [2.45, 2.75) is 13.8 Å². The van der Waals surface area contributed by atoms with E-state index in [-0.39, 0.29) is 5.43 Å². The van der Waals surface area contributed by atoms with Gasteiger partial charge in [-0.25, -0.2) is 4.98 Å². The predicted octanol–water partition coefficient (Wildman–Crippen LogP) is 4.30. The molecule has 0 N–H and O–H groups in total. The molecule has 124 valence electrons. The Morgan fingerprint density at radius 3 is 2.76 bits per heavy atom. The zero-order valence-electron chi connectivity index (χ0n) is 13.5. The number of rotatable bonds is 2. The molecular weight excluding hydrogens is 338 g/mol. The van der Waals surface area contributed by atoms with Gasteiger partial charge in [0.05, 0.1) is 21.2 Å². The summed E-state index contributed by atoms with van der Waals surface area (Å²) in [6.07, 6.45) is 0. The number of esters is 1. The van der Waals surface area contributed by atoms with Crippen LogP contribution in [0.15, 0.2) is 51.7 Å². The minimum atomic E-state index is -0.426. The van der Waals surface area contributed by atoms with Crippen LogP contribution >= 0.6 is 11.3 Å². The second-order valence-electron chi connectivity index (χ2n) is 5.60. The van der Waals surface area contributed by atoms with E-state index in [4.69, 9.17) is 9.15 Å². The minimum Gasteiger partial charge on any atom is -0.460 e. The van der Waals surface area contributed by atoms with Gasteiger partial charge in [0.2, 0.25) is 5.43 Å².